The van der Waals surface area contributed by atoms with Crippen LogP contribution in [0.2, 0.25) is 0 Å². The van der Waals surface area contributed by atoms with Crippen molar-refractivity contribution >= 4 is 16.9 Å². The summed E-state index contributed by atoms with van der Waals surface area (Å²) in [6, 6.07) is 9.82. The molecule has 1 saturated carbocycles. The van der Waals surface area contributed by atoms with Gasteiger partial charge in [0.1, 0.15) is 5.58 Å². The standard InChI is InChI=1S/C22H29N3O3/c1-23-6-8-24(9-7-23)18-10-16-13-25(14-17(16)11-19(18)26)22(27)21-12-15-4-2-3-5-20(15)28-21/h2-5,12,16-19,26H,6-11,13-14H2,1H3/t16-,17+,18-,19-/m1/s1. The van der Waals surface area contributed by atoms with Gasteiger partial charge in [0.15, 0.2) is 5.76 Å². The Morgan fingerprint density at radius 1 is 1.07 bits per heavy atom. The first-order valence-corrected chi connectivity index (χ1v) is 10.5. The largest absolute Gasteiger partial charge is 0.451 e. The second kappa shape index (κ2) is 7.17. The van der Waals surface area contributed by atoms with Crippen LogP contribution in [0, 0.1) is 11.8 Å². The summed E-state index contributed by atoms with van der Waals surface area (Å²) in [5.41, 5.74) is 0.757. The number of carbonyl (C=O) groups is 1. The Morgan fingerprint density at radius 3 is 2.54 bits per heavy atom. The Labute approximate surface area is 165 Å². The molecule has 2 aliphatic heterocycles. The van der Waals surface area contributed by atoms with Crippen LogP contribution in [0.15, 0.2) is 34.7 Å². The molecule has 3 aliphatic rings. The van der Waals surface area contributed by atoms with E-state index in [9.17, 15) is 9.90 Å². The molecule has 0 bridgehead atoms. The number of likely N-dealkylation sites (N-methyl/N-ethyl adjacent to an activating group) is 1. The molecule has 5 rings (SSSR count). The van der Waals surface area contributed by atoms with E-state index >= 15 is 0 Å². The van der Waals surface area contributed by atoms with E-state index in [2.05, 4.69) is 16.8 Å². The molecule has 6 heteroatoms. The van der Waals surface area contributed by atoms with Gasteiger partial charge in [-0.1, -0.05) is 18.2 Å². The summed E-state index contributed by atoms with van der Waals surface area (Å²) in [7, 11) is 2.16. The van der Waals surface area contributed by atoms with Gasteiger partial charge in [0, 0.05) is 50.7 Å². The number of fused-ring (bicyclic) bond motifs is 2. The van der Waals surface area contributed by atoms with E-state index < -0.39 is 0 Å². The van der Waals surface area contributed by atoms with E-state index in [-0.39, 0.29) is 18.1 Å². The van der Waals surface area contributed by atoms with Crippen LogP contribution in [0.4, 0.5) is 0 Å². The highest BCUT2D eigenvalue weighted by atomic mass is 16.3. The third-order valence-electron chi connectivity index (χ3n) is 7.04. The third kappa shape index (κ3) is 3.23. The predicted octanol–water partition coefficient (Wildman–Crippen LogP) is 1.89. The van der Waals surface area contributed by atoms with Crippen LogP contribution < -0.4 is 0 Å². The zero-order valence-electron chi connectivity index (χ0n) is 16.5. The number of nitrogens with zero attached hydrogens (tertiary/aromatic N) is 3. The smallest absolute Gasteiger partial charge is 0.289 e. The van der Waals surface area contributed by atoms with Crippen molar-refractivity contribution in [3.8, 4) is 0 Å². The van der Waals surface area contributed by atoms with Crippen LogP contribution >= 0.6 is 0 Å². The molecular weight excluding hydrogens is 354 g/mol. The molecule has 3 heterocycles. The maximum Gasteiger partial charge on any atom is 0.289 e. The topological polar surface area (TPSA) is 60.2 Å². The summed E-state index contributed by atoms with van der Waals surface area (Å²) in [6.45, 7) is 5.68. The van der Waals surface area contributed by atoms with Crippen molar-refractivity contribution in [3.63, 3.8) is 0 Å². The van der Waals surface area contributed by atoms with E-state index in [1.165, 1.54) is 0 Å². The summed E-state index contributed by atoms with van der Waals surface area (Å²) < 4.78 is 5.79. The molecule has 4 atom stereocenters. The van der Waals surface area contributed by atoms with Gasteiger partial charge >= 0.3 is 0 Å². The Balaban J connectivity index is 1.27. The van der Waals surface area contributed by atoms with Gasteiger partial charge in [0.05, 0.1) is 6.10 Å². The molecule has 6 nitrogen and oxygen atoms in total. The minimum Gasteiger partial charge on any atom is -0.451 e. The summed E-state index contributed by atoms with van der Waals surface area (Å²) >= 11 is 0. The van der Waals surface area contributed by atoms with Crippen LogP contribution in [0.3, 0.4) is 0 Å². The van der Waals surface area contributed by atoms with Crippen LogP contribution in [0.5, 0.6) is 0 Å². The number of carbonyl (C=O) groups excluding carboxylic acids is 1. The van der Waals surface area contributed by atoms with Crippen LogP contribution in [-0.2, 0) is 0 Å². The molecule has 1 amide bonds. The molecule has 2 aromatic rings. The summed E-state index contributed by atoms with van der Waals surface area (Å²) in [5, 5.41) is 11.8. The summed E-state index contributed by atoms with van der Waals surface area (Å²) in [5.74, 6) is 1.28. The fraction of sp³-hybridized carbons (Fsp3) is 0.591. The lowest BCUT2D eigenvalue weighted by molar-refractivity contribution is -0.0249. The second-order valence-electron chi connectivity index (χ2n) is 8.82. The van der Waals surface area contributed by atoms with Crippen molar-refractivity contribution in [1.29, 1.82) is 0 Å². The first kappa shape index (κ1) is 18.2. The minimum absolute atomic E-state index is 0.0174. The molecular formula is C22H29N3O3. The fourth-order valence-corrected chi connectivity index (χ4v) is 5.36. The summed E-state index contributed by atoms with van der Waals surface area (Å²) in [6.07, 6.45) is 1.50. The zero-order chi connectivity index (χ0) is 19.3. The predicted molar refractivity (Wildman–Crippen MR) is 107 cm³/mol. The number of aliphatic hydroxyl groups is 1. The van der Waals surface area contributed by atoms with Gasteiger partial charge in [-0.15, -0.1) is 0 Å². The Morgan fingerprint density at radius 2 is 1.79 bits per heavy atom. The highest BCUT2D eigenvalue weighted by Crippen LogP contribution is 2.39. The number of piperazine rings is 1. The molecule has 1 aliphatic carbocycles. The van der Waals surface area contributed by atoms with Gasteiger partial charge in [-0.05, 0) is 43.9 Å². The molecule has 150 valence electrons. The van der Waals surface area contributed by atoms with Crippen molar-refractivity contribution in [2.24, 2.45) is 11.8 Å². The molecule has 1 aromatic heterocycles. The van der Waals surface area contributed by atoms with Gasteiger partial charge in [0.25, 0.3) is 5.91 Å². The molecule has 0 spiro atoms. The first-order valence-electron chi connectivity index (χ1n) is 10.5. The number of hydrogen-bond acceptors (Lipinski definition) is 5. The van der Waals surface area contributed by atoms with Crippen molar-refractivity contribution in [3.05, 3.63) is 36.1 Å². The zero-order valence-corrected chi connectivity index (χ0v) is 16.5. The molecule has 0 radical (unpaired) electrons. The van der Waals surface area contributed by atoms with Crippen molar-refractivity contribution in [2.75, 3.05) is 46.3 Å². The van der Waals surface area contributed by atoms with Crippen molar-refractivity contribution in [2.45, 2.75) is 25.0 Å². The highest BCUT2D eigenvalue weighted by Gasteiger charge is 2.45. The normalized spacial score (nSPS) is 32.0. The maximum absolute atomic E-state index is 13.0. The lowest BCUT2D eigenvalue weighted by atomic mass is 9.77. The van der Waals surface area contributed by atoms with Crippen molar-refractivity contribution < 1.29 is 14.3 Å². The lowest BCUT2D eigenvalue weighted by Gasteiger charge is -2.44. The number of benzene rings is 1. The van der Waals surface area contributed by atoms with Gasteiger partial charge < -0.3 is 19.3 Å². The fourth-order valence-electron chi connectivity index (χ4n) is 5.36. The van der Waals surface area contributed by atoms with Gasteiger partial charge in [-0.25, -0.2) is 0 Å². The number of amides is 1. The van der Waals surface area contributed by atoms with E-state index in [0.29, 0.717) is 17.6 Å². The number of furan rings is 1. The average Bonchev–Trinajstić information content (AvgIpc) is 3.31. The number of hydrogen-bond donors (Lipinski definition) is 1. The van der Waals surface area contributed by atoms with E-state index in [1.54, 1.807) is 0 Å². The van der Waals surface area contributed by atoms with Crippen LogP contribution in [-0.4, -0.2) is 84.2 Å². The Bertz CT molecular complexity index is 825. The monoisotopic (exact) mass is 383 g/mol. The third-order valence-corrected chi connectivity index (χ3v) is 7.04. The number of likely N-dealkylation sites (tertiary alicyclic amines) is 1. The van der Waals surface area contributed by atoms with Gasteiger partial charge in [-0.3, -0.25) is 9.69 Å². The highest BCUT2D eigenvalue weighted by molar-refractivity contribution is 5.96. The summed E-state index contributed by atoms with van der Waals surface area (Å²) in [4.78, 5) is 19.8. The molecule has 0 unspecified atom stereocenters. The molecule has 1 aromatic carbocycles. The van der Waals surface area contributed by atoms with E-state index in [0.717, 1.165) is 63.1 Å². The van der Waals surface area contributed by atoms with Gasteiger partial charge in [0.2, 0.25) is 0 Å². The Kier molecular flexibility index (Phi) is 4.65. The first-order chi connectivity index (χ1) is 13.6. The van der Waals surface area contributed by atoms with Crippen LogP contribution in [0.25, 0.3) is 11.0 Å². The number of aliphatic hydroxyl groups excluding tert-OH is 1. The molecule has 28 heavy (non-hydrogen) atoms. The molecule has 2 saturated heterocycles. The number of para-hydroxylation sites is 1. The minimum atomic E-state index is -0.286. The molecule has 3 fully saturated rings. The van der Waals surface area contributed by atoms with Crippen molar-refractivity contribution in [1.82, 2.24) is 14.7 Å². The van der Waals surface area contributed by atoms with E-state index in [1.807, 2.05) is 35.2 Å². The number of rotatable bonds is 2. The molecule has 1 N–H and O–H groups in total. The second-order valence-corrected chi connectivity index (χ2v) is 8.82. The van der Waals surface area contributed by atoms with Gasteiger partial charge in [-0.2, -0.15) is 0 Å². The lowest BCUT2D eigenvalue weighted by Crippen LogP contribution is -2.55. The van der Waals surface area contributed by atoms with E-state index in [4.69, 9.17) is 4.42 Å². The van der Waals surface area contributed by atoms with Crippen LogP contribution in [0.1, 0.15) is 23.4 Å². The maximum atomic E-state index is 13.0. The quantitative estimate of drug-likeness (QED) is 0.858. The SMILES string of the molecule is CN1CCN([C@@H]2C[C@@H]3CN(C(=O)c4cc5ccccc5o4)C[C@@H]3C[C@H]2O)CC1. The Hall–Kier alpha value is -1.89. The average molecular weight is 383 g/mol.